The van der Waals surface area contributed by atoms with Gasteiger partial charge in [-0.2, -0.15) is 5.10 Å². The van der Waals surface area contributed by atoms with E-state index in [0.29, 0.717) is 42.3 Å². The lowest BCUT2D eigenvalue weighted by molar-refractivity contribution is -0.121. The van der Waals surface area contributed by atoms with Crippen molar-refractivity contribution in [1.82, 2.24) is 19.2 Å². The lowest BCUT2D eigenvalue weighted by Crippen LogP contribution is -2.41. The number of hydrogen-bond donors (Lipinski definition) is 1. The molecule has 0 spiro atoms. The Morgan fingerprint density at radius 1 is 0.912 bits per heavy atom. The predicted molar refractivity (Wildman–Crippen MR) is 132 cm³/mol. The van der Waals surface area contributed by atoms with E-state index in [0.717, 1.165) is 11.4 Å². The highest BCUT2D eigenvalue weighted by molar-refractivity contribution is 6.30. The molecule has 7 nitrogen and oxygen atoms in total. The minimum Gasteiger partial charge on any atom is -0.338 e. The van der Waals surface area contributed by atoms with E-state index >= 15 is 0 Å². The van der Waals surface area contributed by atoms with Gasteiger partial charge in [-0.3, -0.25) is 9.59 Å². The third-order valence-electron chi connectivity index (χ3n) is 6.09. The van der Waals surface area contributed by atoms with E-state index in [1.54, 1.807) is 35.1 Å². The molecule has 34 heavy (non-hydrogen) atoms. The smallest absolute Gasteiger partial charge is 0.259 e. The van der Waals surface area contributed by atoms with Gasteiger partial charge < -0.3 is 14.8 Å². The van der Waals surface area contributed by atoms with Gasteiger partial charge in [0, 0.05) is 42.1 Å². The minimum atomic E-state index is -0.143. The van der Waals surface area contributed by atoms with Gasteiger partial charge in [0.25, 0.3) is 5.91 Å². The molecule has 0 saturated carbocycles. The van der Waals surface area contributed by atoms with Gasteiger partial charge in [-0.25, -0.2) is 4.68 Å². The molecular weight excluding hydrogens is 450 g/mol. The molecule has 1 saturated heterocycles. The zero-order valence-corrected chi connectivity index (χ0v) is 19.2. The largest absolute Gasteiger partial charge is 0.338 e. The molecule has 2 aromatic heterocycles. The molecule has 1 N–H and O–H groups in total. The number of aromatic nitrogens is 3. The van der Waals surface area contributed by atoms with E-state index < -0.39 is 0 Å². The van der Waals surface area contributed by atoms with Crippen molar-refractivity contribution in [1.29, 1.82) is 0 Å². The highest BCUT2D eigenvalue weighted by atomic mass is 35.5. The standard InChI is InChI=1S/C26H24ClN5O2/c27-20-8-10-21(11-9-20)29-24(33)19-12-16-31(17-13-19)26(34)23-18-28-32(22-6-2-1-3-7-22)25(23)30-14-4-5-15-30/h1-11,14-15,18-19H,12-13,16-17H2,(H,29,33). The Kier molecular flexibility index (Phi) is 6.18. The van der Waals surface area contributed by atoms with Gasteiger partial charge >= 0.3 is 0 Å². The zero-order chi connectivity index (χ0) is 23.5. The van der Waals surface area contributed by atoms with Crippen LogP contribution in [0, 0.1) is 5.92 Å². The Hall–Kier alpha value is -3.84. The Morgan fingerprint density at radius 3 is 2.26 bits per heavy atom. The van der Waals surface area contributed by atoms with Gasteiger partial charge in [0.05, 0.1) is 11.9 Å². The normalized spacial score (nSPS) is 14.2. The van der Waals surface area contributed by atoms with Crippen LogP contribution in [0.15, 0.2) is 85.3 Å². The summed E-state index contributed by atoms with van der Waals surface area (Å²) in [5, 5.41) is 8.10. The van der Waals surface area contributed by atoms with Crippen LogP contribution in [0.5, 0.6) is 0 Å². The predicted octanol–water partition coefficient (Wildman–Crippen LogP) is 4.81. The summed E-state index contributed by atoms with van der Waals surface area (Å²) < 4.78 is 3.68. The fourth-order valence-corrected chi connectivity index (χ4v) is 4.39. The van der Waals surface area contributed by atoms with Crippen molar-refractivity contribution in [2.75, 3.05) is 18.4 Å². The number of rotatable bonds is 5. The van der Waals surface area contributed by atoms with Crippen LogP contribution < -0.4 is 5.32 Å². The third-order valence-corrected chi connectivity index (χ3v) is 6.34. The number of nitrogens with one attached hydrogen (secondary N) is 1. The van der Waals surface area contributed by atoms with Crippen LogP contribution in [-0.4, -0.2) is 44.2 Å². The fraction of sp³-hybridized carbons (Fsp3) is 0.192. The first-order chi connectivity index (χ1) is 16.6. The molecular formula is C26H24ClN5O2. The van der Waals surface area contributed by atoms with E-state index in [9.17, 15) is 9.59 Å². The summed E-state index contributed by atoms with van der Waals surface area (Å²) in [6.07, 6.45) is 6.65. The monoisotopic (exact) mass is 473 g/mol. The van der Waals surface area contributed by atoms with Gasteiger partial charge in [-0.05, 0) is 61.4 Å². The van der Waals surface area contributed by atoms with Crippen LogP contribution in [0.4, 0.5) is 5.69 Å². The quantitative estimate of drug-likeness (QED) is 0.452. The lowest BCUT2D eigenvalue weighted by Gasteiger charge is -2.31. The number of anilines is 1. The number of benzene rings is 2. The molecule has 8 heteroatoms. The number of carbonyl (C=O) groups is 2. The van der Waals surface area contributed by atoms with E-state index in [4.69, 9.17) is 11.6 Å². The van der Waals surface area contributed by atoms with Crippen LogP contribution in [0.2, 0.25) is 5.02 Å². The van der Waals surface area contributed by atoms with E-state index in [1.165, 1.54) is 0 Å². The topological polar surface area (TPSA) is 72.2 Å². The maximum absolute atomic E-state index is 13.5. The van der Waals surface area contributed by atoms with E-state index in [-0.39, 0.29) is 17.7 Å². The number of hydrogen-bond acceptors (Lipinski definition) is 3. The Bertz CT molecular complexity index is 1270. The highest BCUT2D eigenvalue weighted by Crippen LogP contribution is 2.25. The summed E-state index contributed by atoms with van der Waals surface area (Å²) in [6.45, 7) is 1.03. The maximum atomic E-state index is 13.5. The van der Waals surface area contributed by atoms with Gasteiger partial charge in [-0.1, -0.05) is 29.8 Å². The van der Waals surface area contributed by atoms with Gasteiger partial charge in [0.15, 0.2) is 5.82 Å². The van der Waals surface area contributed by atoms with Crippen LogP contribution >= 0.6 is 11.6 Å². The molecule has 5 rings (SSSR count). The molecule has 2 amide bonds. The van der Waals surface area contributed by atoms with Gasteiger partial charge in [0.1, 0.15) is 5.56 Å². The second kappa shape index (κ2) is 9.57. The molecule has 0 bridgehead atoms. The SMILES string of the molecule is O=C(Nc1ccc(Cl)cc1)C1CCN(C(=O)c2cnn(-c3ccccc3)c2-n2cccc2)CC1. The summed E-state index contributed by atoms with van der Waals surface area (Å²) in [7, 11) is 0. The fourth-order valence-electron chi connectivity index (χ4n) is 4.27. The summed E-state index contributed by atoms with van der Waals surface area (Å²) in [4.78, 5) is 28.0. The Labute approximate surface area is 202 Å². The zero-order valence-electron chi connectivity index (χ0n) is 18.5. The number of likely N-dealkylation sites (tertiary alicyclic amines) is 1. The van der Waals surface area contributed by atoms with Crippen molar-refractivity contribution in [2.24, 2.45) is 5.92 Å². The average molecular weight is 474 g/mol. The van der Waals surface area contributed by atoms with Crippen LogP contribution in [0.25, 0.3) is 11.5 Å². The first-order valence-electron chi connectivity index (χ1n) is 11.2. The number of amides is 2. The van der Waals surface area contributed by atoms with Crippen molar-refractivity contribution < 1.29 is 9.59 Å². The molecule has 0 radical (unpaired) electrons. The first-order valence-corrected chi connectivity index (χ1v) is 11.6. The number of para-hydroxylation sites is 1. The summed E-state index contributed by atoms with van der Waals surface area (Å²) in [6, 6.07) is 20.6. The van der Waals surface area contributed by atoms with Crippen LogP contribution in [0.1, 0.15) is 23.2 Å². The lowest BCUT2D eigenvalue weighted by atomic mass is 9.95. The number of halogens is 1. The second-order valence-corrected chi connectivity index (χ2v) is 8.72. The summed E-state index contributed by atoms with van der Waals surface area (Å²) in [5.41, 5.74) is 2.13. The molecule has 0 unspecified atom stereocenters. The number of piperidine rings is 1. The Balaban J connectivity index is 1.31. The van der Waals surface area contributed by atoms with E-state index in [2.05, 4.69) is 10.4 Å². The highest BCUT2D eigenvalue weighted by Gasteiger charge is 2.30. The molecule has 172 valence electrons. The van der Waals surface area contributed by atoms with Crippen molar-refractivity contribution in [3.8, 4) is 11.5 Å². The molecule has 0 atom stereocenters. The van der Waals surface area contributed by atoms with Crippen LogP contribution in [-0.2, 0) is 4.79 Å². The van der Waals surface area contributed by atoms with Gasteiger partial charge in [-0.15, -0.1) is 0 Å². The molecule has 1 aliphatic heterocycles. The molecule has 1 fully saturated rings. The van der Waals surface area contributed by atoms with Crippen molar-refractivity contribution in [3.05, 3.63) is 95.9 Å². The number of nitrogens with zero attached hydrogens (tertiary/aromatic N) is 4. The Morgan fingerprint density at radius 2 is 1.59 bits per heavy atom. The second-order valence-electron chi connectivity index (χ2n) is 8.28. The van der Waals surface area contributed by atoms with Crippen molar-refractivity contribution >= 4 is 29.1 Å². The molecule has 3 heterocycles. The van der Waals surface area contributed by atoms with E-state index in [1.807, 2.05) is 64.3 Å². The van der Waals surface area contributed by atoms with Crippen molar-refractivity contribution in [3.63, 3.8) is 0 Å². The number of carbonyl (C=O) groups excluding carboxylic acids is 2. The molecule has 0 aliphatic carbocycles. The van der Waals surface area contributed by atoms with Crippen LogP contribution in [0.3, 0.4) is 0 Å². The first kappa shape index (κ1) is 22.0. The third kappa shape index (κ3) is 4.47. The molecule has 2 aromatic carbocycles. The van der Waals surface area contributed by atoms with Gasteiger partial charge in [0.2, 0.25) is 5.91 Å². The molecule has 4 aromatic rings. The molecule has 1 aliphatic rings. The van der Waals surface area contributed by atoms with Crippen molar-refractivity contribution in [2.45, 2.75) is 12.8 Å². The average Bonchev–Trinajstić information content (AvgIpc) is 3.56. The maximum Gasteiger partial charge on any atom is 0.259 e. The summed E-state index contributed by atoms with van der Waals surface area (Å²) >= 11 is 5.92. The summed E-state index contributed by atoms with van der Waals surface area (Å²) in [5.74, 6) is 0.446. The minimum absolute atomic E-state index is 0.0284.